The van der Waals surface area contributed by atoms with Crippen molar-refractivity contribution in [2.45, 2.75) is 45.6 Å². The van der Waals surface area contributed by atoms with E-state index in [4.69, 9.17) is 0 Å². The van der Waals surface area contributed by atoms with E-state index in [1.54, 1.807) is 0 Å². The van der Waals surface area contributed by atoms with Crippen molar-refractivity contribution in [3.63, 3.8) is 0 Å². The predicted molar refractivity (Wildman–Crippen MR) is 65.8 cm³/mol. The van der Waals surface area contributed by atoms with E-state index in [9.17, 15) is 0 Å². The lowest BCUT2D eigenvalue weighted by molar-refractivity contribution is 0.0877. The highest BCUT2D eigenvalue weighted by Crippen LogP contribution is 2.04. The number of rotatable bonds is 6. The smallest absolute Gasteiger partial charge is 0.0259 e. The zero-order valence-corrected chi connectivity index (χ0v) is 10.6. The van der Waals surface area contributed by atoms with Gasteiger partial charge in [0.05, 0.1) is 0 Å². The molecule has 1 N–H and O–H groups in total. The minimum atomic E-state index is 0.639. The van der Waals surface area contributed by atoms with E-state index in [0.717, 1.165) is 13.1 Å². The zero-order valence-electron chi connectivity index (χ0n) is 10.6. The van der Waals surface area contributed by atoms with Crippen LogP contribution in [0.15, 0.2) is 0 Å². The van der Waals surface area contributed by atoms with Gasteiger partial charge in [0, 0.05) is 32.2 Å². The largest absolute Gasteiger partial charge is 0.304 e. The molecule has 0 aromatic heterocycles. The summed E-state index contributed by atoms with van der Waals surface area (Å²) in [5, 5.41) is 2.39. The molecule has 1 saturated heterocycles. The lowest BCUT2D eigenvalue weighted by Crippen LogP contribution is -2.53. The summed E-state index contributed by atoms with van der Waals surface area (Å²) in [7, 11) is 2.20. The maximum Gasteiger partial charge on any atom is 0.0259 e. The lowest BCUT2D eigenvalue weighted by Gasteiger charge is -2.34. The van der Waals surface area contributed by atoms with Gasteiger partial charge in [-0.05, 0) is 20.4 Å². The third-order valence-electron chi connectivity index (χ3n) is 3.15. The molecule has 1 heterocycles. The molecular formula is C12H27N3. The highest BCUT2D eigenvalue weighted by molar-refractivity contribution is 4.68. The number of likely N-dealkylation sites (N-methyl/N-ethyl adjacent to an activating group) is 1. The maximum absolute atomic E-state index is 3.60. The van der Waals surface area contributed by atoms with Gasteiger partial charge in [0.25, 0.3) is 0 Å². The van der Waals surface area contributed by atoms with Crippen molar-refractivity contribution < 1.29 is 0 Å². The Morgan fingerprint density at radius 3 is 2.40 bits per heavy atom. The maximum atomic E-state index is 3.60. The molecule has 0 aromatic rings. The standard InChI is InChI=1S/C12H27N3/c1-4-5-6-7-12(2)13-15-10-8-14(3)9-11-15/h12-13H,4-11H2,1-3H3. The van der Waals surface area contributed by atoms with Crippen LogP contribution >= 0.6 is 0 Å². The van der Waals surface area contributed by atoms with Gasteiger partial charge in [0.15, 0.2) is 0 Å². The summed E-state index contributed by atoms with van der Waals surface area (Å²) >= 11 is 0. The lowest BCUT2D eigenvalue weighted by atomic mass is 10.1. The van der Waals surface area contributed by atoms with Crippen LogP contribution in [0.1, 0.15) is 39.5 Å². The van der Waals surface area contributed by atoms with Crippen LogP contribution in [-0.2, 0) is 0 Å². The average Bonchev–Trinajstić information content (AvgIpc) is 2.22. The number of hydrazine groups is 1. The third kappa shape index (κ3) is 5.50. The van der Waals surface area contributed by atoms with Crippen LogP contribution in [0, 0.1) is 0 Å². The van der Waals surface area contributed by atoms with E-state index < -0.39 is 0 Å². The molecule has 0 aliphatic carbocycles. The quantitative estimate of drug-likeness (QED) is 0.678. The first-order valence-corrected chi connectivity index (χ1v) is 6.42. The Bertz CT molecular complexity index is 153. The Morgan fingerprint density at radius 2 is 1.80 bits per heavy atom. The fourth-order valence-electron chi connectivity index (χ4n) is 2.01. The number of nitrogens with one attached hydrogen (secondary N) is 1. The Morgan fingerprint density at radius 1 is 1.13 bits per heavy atom. The molecule has 0 aromatic carbocycles. The van der Waals surface area contributed by atoms with Crippen LogP contribution in [0.3, 0.4) is 0 Å². The van der Waals surface area contributed by atoms with E-state index in [1.165, 1.54) is 38.8 Å². The fraction of sp³-hybridized carbons (Fsp3) is 1.00. The van der Waals surface area contributed by atoms with E-state index in [1.807, 2.05) is 0 Å². The fourth-order valence-corrected chi connectivity index (χ4v) is 2.01. The van der Waals surface area contributed by atoms with Gasteiger partial charge in [-0.1, -0.05) is 26.2 Å². The van der Waals surface area contributed by atoms with Crippen LogP contribution in [0.2, 0.25) is 0 Å². The summed E-state index contributed by atoms with van der Waals surface area (Å²) in [5.74, 6) is 0. The van der Waals surface area contributed by atoms with Crippen molar-refractivity contribution in [1.82, 2.24) is 15.3 Å². The molecule has 1 unspecified atom stereocenters. The first kappa shape index (κ1) is 12.9. The molecule has 1 rings (SSSR count). The van der Waals surface area contributed by atoms with Gasteiger partial charge in [-0.3, -0.25) is 5.43 Å². The SMILES string of the molecule is CCCCCC(C)NN1CCN(C)CC1. The topological polar surface area (TPSA) is 18.5 Å². The van der Waals surface area contributed by atoms with Gasteiger partial charge >= 0.3 is 0 Å². The molecule has 1 aliphatic heterocycles. The van der Waals surface area contributed by atoms with Gasteiger partial charge in [-0.25, -0.2) is 5.01 Å². The first-order chi connectivity index (χ1) is 7.22. The van der Waals surface area contributed by atoms with Gasteiger partial charge in [-0.2, -0.15) is 0 Å². The molecule has 0 radical (unpaired) electrons. The second-order valence-corrected chi connectivity index (χ2v) is 4.82. The summed E-state index contributed by atoms with van der Waals surface area (Å²) in [6, 6.07) is 0.639. The van der Waals surface area contributed by atoms with Crippen LogP contribution in [0.4, 0.5) is 0 Å². The summed E-state index contributed by atoms with van der Waals surface area (Å²) in [6.07, 6.45) is 5.36. The van der Waals surface area contributed by atoms with E-state index in [2.05, 4.69) is 36.2 Å². The highest BCUT2D eigenvalue weighted by atomic mass is 15.5. The normalized spacial score (nSPS) is 21.8. The van der Waals surface area contributed by atoms with Crippen LogP contribution in [0.25, 0.3) is 0 Å². The molecule has 0 spiro atoms. The van der Waals surface area contributed by atoms with Crippen LogP contribution in [-0.4, -0.2) is 49.2 Å². The summed E-state index contributed by atoms with van der Waals surface area (Å²) in [6.45, 7) is 9.26. The molecule has 0 saturated carbocycles. The molecule has 1 aliphatic rings. The first-order valence-electron chi connectivity index (χ1n) is 6.42. The van der Waals surface area contributed by atoms with Gasteiger partial charge in [0.2, 0.25) is 0 Å². The number of piperazine rings is 1. The molecule has 90 valence electrons. The second kappa shape index (κ2) is 7.20. The molecule has 0 amide bonds. The Balaban J connectivity index is 2.06. The molecule has 1 fully saturated rings. The van der Waals surface area contributed by atoms with Gasteiger partial charge in [0.1, 0.15) is 0 Å². The second-order valence-electron chi connectivity index (χ2n) is 4.82. The number of hydrogen-bond acceptors (Lipinski definition) is 3. The zero-order chi connectivity index (χ0) is 11.1. The van der Waals surface area contributed by atoms with Crippen molar-refractivity contribution in [2.24, 2.45) is 0 Å². The van der Waals surface area contributed by atoms with Gasteiger partial charge in [-0.15, -0.1) is 0 Å². The Labute approximate surface area is 94.8 Å². The molecule has 3 nitrogen and oxygen atoms in total. The Kier molecular flexibility index (Phi) is 6.22. The van der Waals surface area contributed by atoms with E-state index in [-0.39, 0.29) is 0 Å². The van der Waals surface area contributed by atoms with Crippen LogP contribution in [0.5, 0.6) is 0 Å². The molecule has 0 bridgehead atoms. The van der Waals surface area contributed by atoms with E-state index >= 15 is 0 Å². The third-order valence-corrected chi connectivity index (χ3v) is 3.15. The highest BCUT2D eigenvalue weighted by Gasteiger charge is 2.14. The van der Waals surface area contributed by atoms with Crippen molar-refractivity contribution in [2.75, 3.05) is 33.2 Å². The van der Waals surface area contributed by atoms with Crippen molar-refractivity contribution in [1.29, 1.82) is 0 Å². The van der Waals surface area contributed by atoms with E-state index in [0.29, 0.717) is 6.04 Å². The predicted octanol–water partition coefficient (Wildman–Crippen LogP) is 1.71. The number of nitrogens with zero attached hydrogens (tertiary/aromatic N) is 2. The Hall–Kier alpha value is -0.120. The summed E-state index contributed by atoms with van der Waals surface area (Å²) < 4.78 is 0. The monoisotopic (exact) mass is 213 g/mol. The minimum absolute atomic E-state index is 0.639. The molecule has 3 heteroatoms. The molecule has 1 atom stereocenters. The molecule has 15 heavy (non-hydrogen) atoms. The molecular weight excluding hydrogens is 186 g/mol. The summed E-state index contributed by atoms with van der Waals surface area (Å²) in [5.41, 5.74) is 3.60. The van der Waals surface area contributed by atoms with Gasteiger partial charge < -0.3 is 4.90 Å². The minimum Gasteiger partial charge on any atom is -0.304 e. The number of unbranched alkanes of at least 4 members (excludes halogenated alkanes) is 2. The summed E-state index contributed by atoms with van der Waals surface area (Å²) in [4.78, 5) is 2.39. The van der Waals surface area contributed by atoms with Crippen LogP contribution < -0.4 is 5.43 Å². The van der Waals surface area contributed by atoms with Crippen molar-refractivity contribution in [3.8, 4) is 0 Å². The average molecular weight is 213 g/mol. The van der Waals surface area contributed by atoms with Crippen molar-refractivity contribution >= 4 is 0 Å². The number of hydrogen-bond donors (Lipinski definition) is 1. The van der Waals surface area contributed by atoms with Crippen molar-refractivity contribution in [3.05, 3.63) is 0 Å².